The molecule has 1 saturated heterocycles. The van der Waals surface area contributed by atoms with Gasteiger partial charge in [-0.05, 0) is 112 Å². The van der Waals surface area contributed by atoms with Crippen molar-refractivity contribution in [2.24, 2.45) is 23.7 Å². The van der Waals surface area contributed by atoms with Gasteiger partial charge in [0.05, 0.1) is 19.3 Å². The molecule has 4 rings (SSSR count). The number of halogens is 2. The first kappa shape index (κ1) is 23.7. The molecule has 0 spiro atoms. The lowest BCUT2D eigenvalue weighted by Crippen LogP contribution is -2.37. The fourth-order valence-corrected chi connectivity index (χ4v) is 6.38. The third kappa shape index (κ3) is 5.38. The normalized spacial score (nSPS) is 33.6. The van der Waals surface area contributed by atoms with E-state index in [-0.39, 0.29) is 11.7 Å². The van der Waals surface area contributed by atoms with E-state index in [2.05, 4.69) is 12.7 Å². The van der Waals surface area contributed by atoms with Crippen molar-refractivity contribution in [2.45, 2.75) is 89.6 Å². The van der Waals surface area contributed by atoms with E-state index < -0.39 is 11.6 Å². The number of allylic oxidation sites excluding steroid dienone is 1. The summed E-state index contributed by atoms with van der Waals surface area (Å²) in [6, 6.07) is 3.33. The minimum absolute atomic E-state index is 0.0323. The molecule has 4 heteroatoms. The monoisotopic (exact) mass is 446 g/mol. The van der Waals surface area contributed by atoms with E-state index in [1.165, 1.54) is 32.1 Å². The van der Waals surface area contributed by atoms with Crippen molar-refractivity contribution in [1.29, 1.82) is 0 Å². The predicted octanol–water partition coefficient (Wildman–Crippen LogP) is 7.82. The zero-order valence-electron chi connectivity index (χ0n) is 19.7. The van der Waals surface area contributed by atoms with Crippen LogP contribution in [-0.4, -0.2) is 19.3 Å². The number of benzene rings is 1. The molecule has 2 aliphatic carbocycles. The Bertz CT molecular complexity index is 740. The van der Waals surface area contributed by atoms with E-state index >= 15 is 0 Å². The van der Waals surface area contributed by atoms with Crippen LogP contribution in [0.1, 0.15) is 89.0 Å². The van der Waals surface area contributed by atoms with E-state index in [0.29, 0.717) is 24.2 Å². The highest BCUT2D eigenvalue weighted by molar-refractivity contribution is 5.33. The maximum atomic E-state index is 14.7. The zero-order valence-corrected chi connectivity index (χ0v) is 19.7. The van der Waals surface area contributed by atoms with Gasteiger partial charge in [-0.1, -0.05) is 19.1 Å². The molecule has 1 aromatic rings. The Labute approximate surface area is 192 Å². The van der Waals surface area contributed by atoms with Crippen molar-refractivity contribution in [3.05, 3.63) is 42.0 Å². The Morgan fingerprint density at radius 1 is 0.906 bits per heavy atom. The Hall–Kier alpha value is -1.42. The molecule has 0 aromatic heterocycles. The van der Waals surface area contributed by atoms with Gasteiger partial charge in [0.25, 0.3) is 0 Å². The maximum absolute atomic E-state index is 14.7. The van der Waals surface area contributed by atoms with Crippen LogP contribution >= 0.6 is 0 Å². The molecular weight excluding hydrogens is 406 g/mol. The maximum Gasteiger partial charge on any atom is 0.200 e. The first-order chi connectivity index (χ1) is 15.6. The van der Waals surface area contributed by atoms with E-state index in [1.54, 1.807) is 12.1 Å². The van der Waals surface area contributed by atoms with Gasteiger partial charge in [-0.2, -0.15) is 4.39 Å². The fraction of sp³-hybridized carbons (Fsp3) is 0.714. The van der Waals surface area contributed by atoms with Gasteiger partial charge in [0.2, 0.25) is 5.82 Å². The standard InChI is InChI=1S/C28H40F2O2/c1-3-17-31-26-16-14-24(27(29)28(26)30)21-9-11-22(12-10-21)25-15-13-23(18-32-25)20-7-5-19(4-2)6-8-20/h4,14,16,19-23,25H,2-3,5-13,15,17-18H2,1H3. The van der Waals surface area contributed by atoms with E-state index in [4.69, 9.17) is 9.47 Å². The van der Waals surface area contributed by atoms with Crippen LogP contribution in [0.15, 0.2) is 24.8 Å². The Balaban J connectivity index is 1.25. The summed E-state index contributed by atoms with van der Waals surface area (Å²) in [4.78, 5) is 0. The van der Waals surface area contributed by atoms with Crippen molar-refractivity contribution in [2.75, 3.05) is 13.2 Å². The van der Waals surface area contributed by atoms with E-state index in [0.717, 1.165) is 62.9 Å². The molecule has 32 heavy (non-hydrogen) atoms. The summed E-state index contributed by atoms with van der Waals surface area (Å²) >= 11 is 0. The van der Waals surface area contributed by atoms with Gasteiger partial charge in [-0.3, -0.25) is 0 Å². The van der Waals surface area contributed by atoms with Gasteiger partial charge in [-0.25, -0.2) is 4.39 Å². The second-order valence-corrected chi connectivity index (χ2v) is 10.4. The van der Waals surface area contributed by atoms with E-state index in [9.17, 15) is 8.78 Å². The Morgan fingerprint density at radius 2 is 1.59 bits per heavy atom. The van der Waals surface area contributed by atoms with Gasteiger partial charge in [0.1, 0.15) is 0 Å². The van der Waals surface area contributed by atoms with Crippen molar-refractivity contribution in [3.63, 3.8) is 0 Å². The Kier molecular flexibility index (Phi) is 8.26. The van der Waals surface area contributed by atoms with Crippen molar-refractivity contribution < 1.29 is 18.3 Å². The summed E-state index contributed by atoms with van der Waals surface area (Å²) in [7, 11) is 0. The van der Waals surface area contributed by atoms with Crippen LogP contribution in [0.5, 0.6) is 5.75 Å². The van der Waals surface area contributed by atoms with Gasteiger partial charge in [-0.15, -0.1) is 6.58 Å². The van der Waals surface area contributed by atoms with Crippen molar-refractivity contribution in [1.82, 2.24) is 0 Å². The third-order valence-electron chi connectivity index (χ3n) is 8.44. The molecule has 2 nitrogen and oxygen atoms in total. The van der Waals surface area contributed by atoms with Crippen LogP contribution in [-0.2, 0) is 4.74 Å². The minimum atomic E-state index is -0.832. The number of ether oxygens (including phenoxy) is 2. The first-order valence-corrected chi connectivity index (χ1v) is 13.0. The zero-order chi connectivity index (χ0) is 22.5. The van der Waals surface area contributed by atoms with Crippen LogP contribution in [0.3, 0.4) is 0 Å². The average Bonchev–Trinajstić information content (AvgIpc) is 2.85. The topological polar surface area (TPSA) is 18.5 Å². The largest absolute Gasteiger partial charge is 0.490 e. The molecule has 2 saturated carbocycles. The highest BCUT2D eigenvalue weighted by Crippen LogP contribution is 2.43. The summed E-state index contributed by atoms with van der Waals surface area (Å²) in [6.07, 6.45) is 14.8. The predicted molar refractivity (Wildman–Crippen MR) is 125 cm³/mol. The molecule has 3 aliphatic rings. The molecule has 0 N–H and O–H groups in total. The molecular formula is C28H40F2O2. The lowest BCUT2D eigenvalue weighted by Gasteiger charge is -2.41. The van der Waals surface area contributed by atoms with Crippen LogP contribution in [0.2, 0.25) is 0 Å². The van der Waals surface area contributed by atoms with Gasteiger partial charge < -0.3 is 9.47 Å². The van der Waals surface area contributed by atoms with E-state index in [1.807, 2.05) is 6.92 Å². The number of hydrogen-bond acceptors (Lipinski definition) is 2. The lowest BCUT2D eigenvalue weighted by atomic mass is 9.71. The summed E-state index contributed by atoms with van der Waals surface area (Å²) in [5, 5.41) is 0. The number of hydrogen-bond donors (Lipinski definition) is 0. The molecule has 0 radical (unpaired) electrons. The second kappa shape index (κ2) is 11.1. The SMILES string of the molecule is C=CC1CCC(C2CCC(C3CCC(c4ccc(OCCC)c(F)c4F)CC3)OC2)CC1. The van der Waals surface area contributed by atoms with Gasteiger partial charge in [0.15, 0.2) is 11.6 Å². The lowest BCUT2D eigenvalue weighted by molar-refractivity contribution is -0.0719. The average molecular weight is 447 g/mol. The quantitative estimate of drug-likeness (QED) is 0.398. The summed E-state index contributed by atoms with van der Waals surface area (Å²) in [5.41, 5.74) is 0.518. The highest BCUT2D eigenvalue weighted by atomic mass is 19.2. The van der Waals surface area contributed by atoms with Gasteiger partial charge >= 0.3 is 0 Å². The smallest absolute Gasteiger partial charge is 0.200 e. The van der Waals surface area contributed by atoms with Crippen LogP contribution < -0.4 is 4.74 Å². The molecule has 0 bridgehead atoms. The molecule has 2 atom stereocenters. The van der Waals surface area contributed by atoms with Gasteiger partial charge in [0, 0.05) is 0 Å². The fourth-order valence-electron chi connectivity index (χ4n) is 6.38. The first-order valence-electron chi connectivity index (χ1n) is 13.0. The van der Waals surface area contributed by atoms with Crippen molar-refractivity contribution >= 4 is 0 Å². The highest BCUT2D eigenvalue weighted by Gasteiger charge is 2.36. The molecule has 0 amide bonds. The summed E-state index contributed by atoms with van der Waals surface area (Å²) in [6.45, 7) is 7.22. The third-order valence-corrected chi connectivity index (χ3v) is 8.44. The molecule has 3 fully saturated rings. The second-order valence-electron chi connectivity index (χ2n) is 10.4. The molecule has 1 aromatic carbocycles. The molecule has 1 aliphatic heterocycles. The summed E-state index contributed by atoms with van der Waals surface area (Å²) < 4.78 is 40.9. The van der Waals surface area contributed by atoms with Crippen LogP contribution in [0.25, 0.3) is 0 Å². The minimum Gasteiger partial charge on any atom is -0.490 e. The number of rotatable bonds is 7. The molecule has 2 unspecified atom stereocenters. The molecule has 178 valence electrons. The van der Waals surface area contributed by atoms with Crippen molar-refractivity contribution in [3.8, 4) is 5.75 Å². The Morgan fingerprint density at radius 3 is 2.22 bits per heavy atom. The summed E-state index contributed by atoms with van der Waals surface area (Å²) in [5.74, 6) is 1.40. The van der Waals surface area contributed by atoms with Crippen LogP contribution in [0, 0.1) is 35.3 Å². The van der Waals surface area contributed by atoms with Crippen LogP contribution in [0.4, 0.5) is 8.78 Å². The molecule has 1 heterocycles.